The first-order valence-electron chi connectivity index (χ1n) is 7.20. The molecule has 0 aromatic carbocycles. The molecule has 2 aromatic rings. The quantitative estimate of drug-likeness (QED) is 0.484. The molecule has 2 N–H and O–H groups in total. The van der Waals surface area contributed by atoms with Gasteiger partial charge in [0.15, 0.2) is 11.7 Å². The van der Waals surface area contributed by atoms with Crippen LogP contribution in [0.5, 0.6) is 0 Å². The Labute approximate surface area is 135 Å². The standard InChI is InChI=1S/C15H20ClN5O/c1-3-12-8-13(22-21-12)10-20-15(17-2)18-7-6-11-4-5-14(16)19-9-11/h4-5,8-9H,3,6-7,10H2,1-2H3,(H2,17,18,20). The number of nitrogens with zero attached hydrogens (tertiary/aromatic N) is 3. The van der Waals surface area contributed by atoms with Gasteiger partial charge in [0, 0.05) is 25.9 Å². The summed E-state index contributed by atoms with van der Waals surface area (Å²) in [4.78, 5) is 8.23. The molecule has 2 rings (SSSR count). The zero-order valence-electron chi connectivity index (χ0n) is 12.8. The second-order valence-electron chi connectivity index (χ2n) is 4.73. The van der Waals surface area contributed by atoms with Crippen LogP contribution < -0.4 is 10.6 Å². The fourth-order valence-corrected chi connectivity index (χ4v) is 1.99. The number of nitrogens with one attached hydrogen (secondary N) is 2. The van der Waals surface area contributed by atoms with Gasteiger partial charge in [0.1, 0.15) is 5.15 Å². The van der Waals surface area contributed by atoms with Crippen molar-refractivity contribution in [3.8, 4) is 0 Å². The number of halogens is 1. The fourth-order valence-electron chi connectivity index (χ4n) is 1.88. The Balaban J connectivity index is 1.74. The Morgan fingerprint density at radius 3 is 2.86 bits per heavy atom. The maximum Gasteiger partial charge on any atom is 0.191 e. The van der Waals surface area contributed by atoms with Crippen LogP contribution in [0.3, 0.4) is 0 Å². The summed E-state index contributed by atoms with van der Waals surface area (Å²) in [5.41, 5.74) is 2.07. The predicted octanol–water partition coefficient (Wildman–Crippen LogP) is 2.19. The van der Waals surface area contributed by atoms with E-state index in [4.69, 9.17) is 16.1 Å². The minimum absolute atomic E-state index is 0.507. The second-order valence-corrected chi connectivity index (χ2v) is 5.12. The van der Waals surface area contributed by atoms with E-state index in [0.29, 0.717) is 11.7 Å². The average Bonchev–Trinajstić information content (AvgIpc) is 3.00. The average molecular weight is 322 g/mol. The molecule has 0 saturated heterocycles. The van der Waals surface area contributed by atoms with E-state index in [0.717, 1.165) is 42.4 Å². The van der Waals surface area contributed by atoms with E-state index in [1.807, 2.05) is 19.1 Å². The van der Waals surface area contributed by atoms with E-state index < -0.39 is 0 Å². The van der Waals surface area contributed by atoms with E-state index in [2.05, 4.69) is 25.8 Å². The summed E-state index contributed by atoms with van der Waals surface area (Å²) in [5, 5.41) is 10.9. The Kier molecular flexibility index (Phi) is 6.21. The van der Waals surface area contributed by atoms with Gasteiger partial charge in [-0.15, -0.1) is 0 Å². The number of aryl methyl sites for hydroxylation is 1. The van der Waals surface area contributed by atoms with Crippen molar-refractivity contribution in [2.24, 2.45) is 4.99 Å². The predicted molar refractivity (Wildman–Crippen MR) is 87.0 cm³/mol. The van der Waals surface area contributed by atoms with Crippen LogP contribution in [0.25, 0.3) is 0 Å². The molecule has 0 aliphatic heterocycles. The third-order valence-corrected chi connectivity index (χ3v) is 3.34. The molecular formula is C15H20ClN5O. The molecule has 22 heavy (non-hydrogen) atoms. The van der Waals surface area contributed by atoms with Crippen molar-refractivity contribution in [1.82, 2.24) is 20.8 Å². The summed E-state index contributed by atoms with van der Waals surface area (Å²) in [6, 6.07) is 5.70. The molecule has 0 saturated carbocycles. The molecule has 118 valence electrons. The van der Waals surface area contributed by atoms with Gasteiger partial charge in [0.05, 0.1) is 12.2 Å². The number of hydrogen-bond donors (Lipinski definition) is 2. The SMILES string of the molecule is CCc1cc(CNC(=NC)NCCc2ccc(Cl)nc2)on1. The first-order valence-corrected chi connectivity index (χ1v) is 7.58. The molecule has 2 aromatic heterocycles. The first kappa shape index (κ1) is 16.3. The number of guanidine groups is 1. The lowest BCUT2D eigenvalue weighted by molar-refractivity contribution is 0.374. The highest BCUT2D eigenvalue weighted by atomic mass is 35.5. The van der Waals surface area contributed by atoms with Crippen molar-refractivity contribution >= 4 is 17.6 Å². The highest BCUT2D eigenvalue weighted by molar-refractivity contribution is 6.29. The van der Waals surface area contributed by atoms with Crippen LogP contribution >= 0.6 is 11.6 Å². The lowest BCUT2D eigenvalue weighted by atomic mass is 10.2. The minimum Gasteiger partial charge on any atom is -0.359 e. The maximum absolute atomic E-state index is 5.76. The Bertz CT molecular complexity index is 609. The molecule has 0 aliphatic carbocycles. The minimum atomic E-state index is 0.507. The Morgan fingerprint density at radius 2 is 2.23 bits per heavy atom. The molecule has 0 unspecified atom stereocenters. The van der Waals surface area contributed by atoms with E-state index in [1.54, 1.807) is 19.3 Å². The summed E-state index contributed by atoms with van der Waals surface area (Å²) in [6.07, 6.45) is 3.49. The van der Waals surface area contributed by atoms with Crippen LogP contribution in [-0.4, -0.2) is 29.7 Å². The lowest BCUT2D eigenvalue weighted by Gasteiger charge is -2.10. The topological polar surface area (TPSA) is 75.3 Å². The van der Waals surface area contributed by atoms with Crippen molar-refractivity contribution in [2.45, 2.75) is 26.3 Å². The van der Waals surface area contributed by atoms with Crippen LogP contribution in [0.1, 0.15) is 23.9 Å². The van der Waals surface area contributed by atoms with Crippen molar-refractivity contribution in [3.05, 3.63) is 46.6 Å². The van der Waals surface area contributed by atoms with Gasteiger partial charge in [-0.3, -0.25) is 4.99 Å². The van der Waals surface area contributed by atoms with E-state index >= 15 is 0 Å². The third kappa shape index (κ3) is 5.04. The van der Waals surface area contributed by atoms with Crippen molar-refractivity contribution in [1.29, 1.82) is 0 Å². The first-order chi connectivity index (χ1) is 10.7. The summed E-state index contributed by atoms with van der Waals surface area (Å²) in [6.45, 7) is 3.34. The second kappa shape index (κ2) is 8.38. The molecular weight excluding hydrogens is 302 g/mol. The molecule has 0 fully saturated rings. The van der Waals surface area contributed by atoms with Crippen LogP contribution in [0.2, 0.25) is 5.15 Å². The number of pyridine rings is 1. The molecule has 0 atom stereocenters. The van der Waals surface area contributed by atoms with Crippen LogP contribution in [-0.2, 0) is 19.4 Å². The highest BCUT2D eigenvalue weighted by Gasteiger charge is 2.04. The molecule has 0 aliphatic rings. The van der Waals surface area contributed by atoms with E-state index in [-0.39, 0.29) is 0 Å². The van der Waals surface area contributed by atoms with Gasteiger partial charge in [-0.1, -0.05) is 29.7 Å². The summed E-state index contributed by atoms with van der Waals surface area (Å²) < 4.78 is 5.22. The highest BCUT2D eigenvalue weighted by Crippen LogP contribution is 2.05. The largest absolute Gasteiger partial charge is 0.359 e. The molecule has 6 nitrogen and oxygen atoms in total. The van der Waals surface area contributed by atoms with Crippen molar-refractivity contribution < 1.29 is 4.52 Å². The third-order valence-electron chi connectivity index (χ3n) is 3.12. The molecule has 0 spiro atoms. The van der Waals surface area contributed by atoms with Crippen LogP contribution in [0, 0.1) is 0 Å². The maximum atomic E-state index is 5.76. The van der Waals surface area contributed by atoms with Gasteiger partial charge in [0.2, 0.25) is 0 Å². The van der Waals surface area contributed by atoms with Crippen LogP contribution in [0.4, 0.5) is 0 Å². The summed E-state index contributed by atoms with van der Waals surface area (Å²) >= 11 is 5.76. The monoisotopic (exact) mass is 321 g/mol. The molecule has 0 radical (unpaired) electrons. The van der Waals surface area contributed by atoms with Gasteiger partial charge < -0.3 is 15.2 Å². The van der Waals surface area contributed by atoms with Gasteiger partial charge in [-0.2, -0.15) is 0 Å². The summed E-state index contributed by atoms with van der Waals surface area (Å²) in [7, 11) is 1.73. The molecule has 2 heterocycles. The number of aromatic nitrogens is 2. The zero-order chi connectivity index (χ0) is 15.8. The number of aliphatic imine (C=N–C) groups is 1. The molecule has 0 bridgehead atoms. The lowest BCUT2D eigenvalue weighted by Crippen LogP contribution is -2.37. The molecule has 7 heteroatoms. The Hall–Kier alpha value is -2.08. The zero-order valence-corrected chi connectivity index (χ0v) is 13.5. The van der Waals surface area contributed by atoms with E-state index in [9.17, 15) is 0 Å². The van der Waals surface area contributed by atoms with Crippen molar-refractivity contribution in [3.63, 3.8) is 0 Å². The van der Waals surface area contributed by atoms with Gasteiger partial charge in [-0.05, 0) is 24.5 Å². The van der Waals surface area contributed by atoms with Gasteiger partial charge in [0.25, 0.3) is 0 Å². The molecule has 0 amide bonds. The number of rotatable bonds is 6. The number of hydrogen-bond acceptors (Lipinski definition) is 4. The van der Waals surface area contributed by atoms with Crippen molar-refractivity contribution in [2.75, 3.05) is 13.6 Å². The van der Waals surface area contributed by atoms with Gasteiger partial charge in [-0.25, -0.2) is 4.98 Å². The van der Waals surface area contributed by atoms with Crippen LogP contribution in [0.15, 0.2) is 33.9 Å². The fraction of sp³-hybridized carbons (Fsp3) is 0.400. The normalized spacial score (nSPS) is 11.5. The summed E-state index contributed by atoms with van der Waals surface area (Å²) in [5.74, 6) is 1.51. The van der Waals surface area contributed by atoms with Gasteiger partial charge >= 0.3 is 0 Å². The smallest absolute Gasteiger partial charge is 0.191 e. The van der Waals surface area contributed by atoms with E-state index in [1.165, 1.54) is 0 Å². The Morgan fingerprint density at radius 1 is 1.36 bits per heavy atom.